The first-order valence-electron chi connectivity index (χ1n) is 10.9. The van der Waals surface area contributed by atoms with Crippen molar-refractivity contribution in [2.24, 2.45) is 4.99 Å². The van der Waals surface area contributed by atoms with E-state index < -0.39 is 5.69 Å². The molecule has 2 aliphatic rings. The van der Waals surface area contributed by atoms with Crippen LogP contribution in [0, 0.1) is 0 Å². The van der Waals surface area contributed by atoms with E-state index in [1.54, 1.807) is 23.0 Å². The summed E-state index contributed by atoms with van der Waals surface area (Å²) < 4.78 is 1.61. The van der Waals surface area contributed by atoms with Gasteiger partial charge in [-0.05, 0) is 31.1 Å². The van der Waals surface area contributed by atoms with Gasteiger partial charge < -0.3 is 19.9 Å². The average molecular weight is 446 g/mol. The van der Waals surface area contributed by atoms with Gasteiger partial charge in [-0.25, -0.2) is 14.8 Å². The molecule has 4 aromatic heterocycles. The van der Waals surface area contributed by atoms with Gasteiger partial charge in [0.05, 0.1) is 12.2 Å². The lowest BCUT2D eigenvalue weighted by Gasteiger charge is -2.35. The third-order valence-electron chi connectivity index (χ3n) is 5.78. The summed E-state index contributed by atoms with van der Waals surface area (Å²) in [6, 6.07) is 6.18. The highest BCUT2D eigenvalue weighted by atomic mass is 16.3. The smallest absolute Gasteiger partial charge is 0.326 e. The number of aromatic amines is 2. The molecule has 5 heterocycles. The second kappa shape index (κ2) is 7.73. The number of hydrogen-bond donors (Lipinski definition) is 3. The van der Waals surface area contributed by atoms with Crippen LogP contribution in [0.4, 0.5) is 11.8 Å². The molecule has 0 aromatic carbocycles. The maximum absolute atomic E-state index is 11.5. The van der Waals surface area contributed by atoms with Gasteiger partial charge >= 0.3 is 5.69 Å². The van der Waals surface area contributed by atoms with E-state index in [4.69, 9.17) is 15.0 Å². The number of H-pyrrole nitrogens is 2. The third kappa shape index (κ3) is 3.79. The van der Waals surface area contributed by atoms with Gasteiger partial charge in [-0.15, -0.1) is 0 Å². The summed E-state index contributed by atoms with van der Waals surface area (Å²) in [5, 5.41) is 15.0. The summed E-state index contributed by atoms with van der Waals surface area (Å²) >= 11 is 0. The zero-order valence-electron chi connectivity index (χ0n) is 17.7. The fraction of sp³-hybridized carbons (Fsp3) is 0.333. The van der Waals surface area contributed by atoms with Crippen molar-refractivity contribution in [2.45, 2.75) is 18.9 Å². The Kier molecular flexibility index (Phi) is 4.56. The van der Waals surface area contributed by atoms with Crippen LogP contribution < -0.4 is 26.3 Å². The van der Waals surface area contributed by atoms with Crippen molar-refractivity contribution in [3.8, 4) is 5.88 Å². The van der Waals surface area contributed by atoms with Crippen LogP contribution in [0.3, 0.4) is 0 Å². The lowest BCUT2D eigenvalue weighted by molar-refractivity contribution is 0.454. The van der Waals surface area contributed by atoms with Gasteiger partial charge in [0.1, 0.15) is 11.5 Å². The molecular weight excluding hydrogens is 424 g/mol. The molecule has 1 saturated heterocycles. The molecule has 2 fully saturated rings. The van der Waals surface area contributed by atoms with E-state index in [9.17, 15) is 9.90 Å². The molecule has 4 aromatic rings. The van der Waals surface area contributed by atoms with E-state index >= 15 is 0 Å². The maximum atomic E-state index is 11.5. The van der Waals surface area contributed by atoms with Crippen molar-refractivity contribution < 1.29 is 5.11 Å². The van der Waals surface area contributed by atoms with Crippen LogP contribution in [-0.2, 0) is 0 Å². The lowest BCUT2D eigenvalue weighted by atomic mass is 10.3. The number of pyridine rings is 1. The minimum Gasteiger partial charge on any atom is -0.493 e. The fourth-order valence-corrected chi connectivity index (χ4v) is 3.89. The minimum atomic E-state index is -0.485. The molecule has 6 rings (SSSR count). The van der Waals surface area contributed by atoms with Gasteiger partial charge in [0.25, 0.3) is 5.62 Å². The van der Waals surface area contributed by atoms with Crippen LogP contribution in [-0.4, -0.2) is 71.9 Å². The molecule has 1 saturated carbocycles. The van der Waals surface area contributed by atoms with Crippen molar-refractivity contribution >= 4 is 23.5 Å². The number of fused-ring (bicyclic) bond motifs is 1. The molecule has 12 heteroatoms. The molecule has 1 aliphatic heterocycles. The van der Waals surface area contributed by atoms with Crippen molar-refractivity contribution in [2.75, 3.05) is 36.0 Å². The molecule has 0 radical (unpaired) electrons. The summed E-state index contributed by atoms with van der Waals surface area (Å²) in [4.78, 5) is 39.5. The number of hydrogen-bond acceptors (Lipinski definition) is 9. The van der Waals surface area contributed by atoms with Gasteiger partial charge in [-0.1, -0.05) is 6.07 Å². The Morgan fingerprint density at radius 2 is 1.91 bits per heavy atom. The van der Waals surface area contributed by atoms with Crippen LogP contribution in [0.2, 0.25) is 0 Å². The molecule has 3 N–H and O–H groups in total. The van der Waals surface area contributed by atoms with E-state index in [0.717, 1.165) is 44.8 Å². The largest absolute Gasteiger partial charge is 0.493 e. The number of aromatic hydroxyl groups is 1. The van der Waals surface area contributed by atoms with Crippen molar-refractivity contribution in [1.82, 2.24) is 34.5 Å². The summed E-state index contributed by atoms with van der Waals surface area (Å²) in [5.41, 5.74) is 0.851. The van der Waals surface area contributed by atoms with E-state index in [-0.39, 0.29) is 17.6 Å². The Morgan fingerprint density at radius 1 is 1.09 bits per heavy atom. The quantitative estimate of drug-likeness (QED) is 0.369. The first-order valence-corrected chi connectivity index (χ1v) is 10.9. The number of aromatic nitrogens is 7. The zero-order chi connectivity index (χ0) is 22.4. The summed E-state index contributed by atoms with van der Waals surface area (Å²) in [5.74, 6) is 1.32. The van der Waals surface area contributed by atoms with Gasteiger partial charge in [0.2, 0.25) is 11.8 Å². The Bertz CT molecular complexity index is 1480. The third-order valence-corrected chi connectivity index (χ3v) is 5.78. The Balaban J connectivity index is 1.39. The van der Waals surface area contributed by atoms with Crippen LogP contribution >= 0.6 is 0 Å². The Hall–Kier alpha value is -4.22. The molecule has 33 heavy (non-hydrogen) atoms. The number of anilines is 2. The molecule has 12 nitrogen and oxygen atoms in total. The van der Waals surface area contributed by atoms with Crippen molar-refractivity contribution in [3.05, 3.63) is 57.6 Å². The van der Waals surface area contributed by atoms with Crippen molar-refractivity contribution in [1.29, 1.82) is 0 Å². The predicted molar refractivity (Wildman–Crippen MR) is 120 cm³/mol. The molecule has 0 unspecified atom stereocenters. The van der Waals surface area contributed by atoms with Gasteiger partial charge in [0.15, 0.2) is 5.65 Å². The first kappa shape index (κ1) is 19.5. The first-order chi connectivity index (χ1) is 16.1. The van der Waals surface area contributed by atoms with Crippen LogP contribution in [0.5, 0.6) is 5.88 Å². The van der Waals surface area contributed by atoms with E-state index in [2.05, 4.69) is 29.9 Å². The summed E-state index contributed by atoms with van der Waals surface area (Å²) in [6.07, 6.45) is 7.15. The number of nitrogens with zero attached hydrogens (tertiary/aromatic N) is 8. The van der Waals surface area contributed by atoms with Gasteiger partial charge in [-0.2, -0.15) is 19.6 Å². The molecule has 0 bridgehead atoms. The summed E-state index contributed by atoms with van der Waals surface area (Å²) in [7, 11) is 0. The molecule has 0 spiro atoms. The van der Waals surface area contributed by atoms with E-state index in [0.29, 0.717) is 22.4 Å². The highest BCUT2D eigenvalue weighted by molar-refractivity contribution is 5.57. The van der Waals surface area contributed by atoms with Gasteiger partial charge in [0, 0.05) is 37.6 Å². The minimum absolute atomic E-state index is 0.234. The fourth-order valence-electron chi connectivity index (χ4n) is 3.89. The highest BCUT2D eigenvalue weighted by Gasteiger charge is 2.23. The highest BCUT2D eigenvalue weighted by Crippen LogP contribution is 2.22. The second-order valence-electron chi connectivity index (χ2n) is 8.17. The normalized spacial score (nSPS) is 17.9. The monoisotopic (exact) mass is 446 g/mol. The topological polar surface area (TPSA) is 144 Å². The van der Waals surface area contributed by atoms with E-state index in [1.807, 2.05) is 18.2 Å². The number of rotatable bonds is 4. The van der Waals surface area contributed by atoms with Crippen molar-refractivity contribution in [3.63, 3.8) is 0 Å². The summed E-state index contributed by atoms with van der Waals surface area (Å²) in [6.45, 7) is 3.10. The molecule has 0 amide bonds. The molecule has 168 valence electrons. The maximum Gasteiger partial charge on any atom is 0.326 e. The Morgan fingerprint density at radius 3 is 2.61 bits per heavy atom. The van der Waals surface area contributed by atoms with Crippen LogP contribution in [0.15, 0.2) is 40.4 Å². The second-order valence-corrected chi connectivity index (χ2v) is 8.17. The van der Waals surface area contributed by atoms with E-state index in [1.165, 1.54) is 0 Å². The van der Waals surface area contributed by atoms with Crippen LogP contribution in [0.1, 0.15) is 18.5 Å². The molecule has 0 atom stereocenters. The number of nitrogens with one attached hydrogen (secondary N) is 2. The Labute approximate surface area is 187 Å². The van der Waals surface area contributed by atoms with Crippen LogP contribution in [0.25, 0.3) is 11.7 Å². The number of piperazine rings is 1. The standard InChI is InChI=1S/C21H22N10O2/c32-18-15(25-21(33)27-18)11-13-12-23-31-17(13)26-19(28-20(31)24-14-4-5-14)30-9-7-29(8-10-30)16-3-1-2-6-22-16/h1-3,6,11-12,14,32H,4-5,7-10H2,(H2,25,27,33)/b13-11-,24-20?. The zero-order valence-corrected chi connectivity index (χ0v) is 17.7. The van der Waals surface area contributed by atoms with Gasteiger partial charge in [-0.3, -0.25) is 4.98 Å². The molecule has 1 aliphatic carbocycles. The predicted octanol–water partition coefficient (Wildman–Crippen LogP) is -0.821. The lowest BCUT2D eigenvalue weighted by Crippen LogP contribution is -2.48. The number of imidazole rings is 1. The molecular formula is C21H22N10O2. The SMILES string of the molecule is O=c1[nH]c(O)c(/C=c2/cnn3c(=NC4CC4)nc(N4CCN(c5ccccn5)CC4)nc23)[nH]1. The average Bonchev–Trinajstić information content (AvgIpc) is 3.47.